The normalized spacial score (nSPS) is 10.3. The van der Waals surface area contributed by atoms with Crippen molar-refractivity contribution in [3.05, 3.63) is 0 Å². The minimum atomic E-state index is -4.40. The van der Waals surface area contributed by atoms with Crippen LogP contribution < -0.4 is 0 Å². The van der Waals surface area contributed by atoms with Gasteiger partial charge in [0.05, 0.1) is 0 Å². The molecular weight excluding hydrogens is 161 g/mol. The van der Waals surface area contributed by atoms with Gasteiger partial charge in [-0.2, -0.15) is 13.2 Å². The Bertz CT molecular complexity index is 42.7. The summed E-state index contributed by atoms with van der Waals surface area (Å²) >= 11 is 0. The van der Waals surface area contributed by atoms with E-state index < -0.39 is 12.8 Å². The number of aliphatic hydroxyl groups excluding tert-OH is 1. The van der Waals surface area contributed by atoms with Crippen molar-refractivity contribution >= 4 is 0 Å². The molecule has 0 amide bonds. The van der Waals surface area contributed by atoms with Gasteiger partial charge in [0, 0.05) is 17.1 Å². The Hall–Kier alpha value is 0.269. The Labute approximate surface area is 49.0 Å². The Morgan fingerprint density at radius 1 is 1.29 bits per heavy atom. The molecule has 0 aliphatic rings. The molecule has 0 aromatic heterocycles. The fourth-order valence-electron chi connectivity index (χ4n) is 0. The molecule has 0 aromatic rings. The topological polar surface area (TPSA) is 20.2 Å². The molecule has 0 fully saturated rings. The molecule has 0 saturated heterocycles. The third kappa shape index (κ3) is 10.7. The summed E-state index contributed by atoms with van der Waals surface area (Å²) in [6.07, 6.45) is -4.40. The van der Waals surface area contributed by atoms with E-state index in [9.17, 15) is 13.2 Å². The summed E-state index contributed by atoms with van der Waals surface area (Å²) in [6, 6.07) is 0. The van der Waals surface area contributed by atoms with Crippen LogP contribution in [-0.4, -0.2) is 17.9 Å². The molecule has 1 radical (unpaired) electrons. The van der Waals surface area contributed by atoms with E-state index in [2.05, 4.69) is 0 Å². The van der Waals surface area contributed by atoms with E-state index in [-0.39, 0.29) is 17.1 Å². The van der Waals surface area contributed by atoms with E-state index in [1.165, 1.54) is 0 Å². The third-order valence-corrected chi connectivity index (χ3v) is 0.179. The molecule has 1 N–H and O–H groups in total. The quantitative estimate of drug-likeness (QED) is 0.517. The number of hydrogen-bond donors (Lipinski definition) is 1. The van der Waals surface area contributed by atoms with Crippen molar-refractivity contribution in [2.24, 2.45) is 0 Å². The number of hydrogen-bond acceptors (Lipinski definition) is 1. The van der Waals surface area contributed by atoms with Crippen molar-refractivity contribution in [2.45, 2.75) is 6.18 Å². The molecule has 0 spiro atoms. The van der Waals surface area contributed by atoms with Crippen molar-refractivity contribution in [2.75, 3.05) is 6.61 Å². The summed E-state index contributed by atoms with van der Waals surface area (Å²) in [4.78, 5) is 0. The summed E-state index contributed by atoms with van der Waals surface area (Å²) in [5, 5.41) is 7.28. The standard InChI is InChI=1S/C2H3F3O.Cu/c3-2(4,5)1-6;/h6H,1H2;. The van der Waals surface area contributed by atoms with Gasteiger partial charge in [-0.3, -0.25) is 0 Å². The third-order valence-electron chi connectivity index (χ3n) is 0.179. The number of rotatable bonds is 0. The second-order valence-electron chi connectivity index (χ2n) is 0.773. The van der Waals surface area contributed by atoms with E-state index in [1.54, 1.807) is 0 Å². The second kappa shape index (κ2) is 3.29. The van der Waals surface area contributed by atoms with Crippen LogP contribution in [0.2, 0.25) is 0 Å². The predicted molar refractivity (Wildman–Crippen MR) is 13.1 cm³/mol. The van der Waals surface area contributed by atoms with Gasteiger partial charge in [0.25, 0.3) is 0 Å². The molecule has 49 valence electrons. The summed E-state index contributed by atoms with van der Waals surface area (Å²) in [5.41, 5.74) is 0. The summed E-state index contributed by atoms with van der Waals surface area (Å²) in [5.74, 6) is 0. The first-order valence-corrected chi connectivity index (χ1v) is 1.24. The van der Waals surface area contributed by atoms with Crippen molar-refractivity contribution in [1.82, 2.24) is 0 Å². The van der Waals surface area contributed by atoms with Gasteiger partial charge < -0.3 is 5.11 Å². The van der Waals surface area contributed by atoms with Crippen LogP contribution in [0, 0.1) is 0 Å². The van der Waals surface area contributed by atoms with Crippen molar-refractivity contribution in [3.63, 3.8) is 0 Å². The summed E-state index contributed by atoms with van der Waals surface area (Å²) in [7, 11) is 0. The zero-order chi connectivity index (χ0) is 5.21. The molecule has 0 atom stereocenters. The van der Waals surface area contributed by atoms with Gasteiger partial charge >= 0.3 is 6.18 Å². The molecule has 5 heteroatoms. The zero-order valence-corrected chi connectivity index (χ0v) is 4.03. The first kappa shape index (κ1) is 10.3. The largest absolute Gasteiger partial charge is 0.411 e. The van der Waals surface area contributed by atoms with Crippen LogP contribution in [0.25, 0.3) is 0 Å². The van der Waals surface area contributed by atoms with E-state index in [1.807, 2.05) is 0 Å². The molecule has 0 heterocycles. The molecule has 0 aliphatic carbocycles. The van der Waals surface area contributed by atoms with Crippen LogP contribution in [0.3, 0.4) is 0 Å². The Kier molecular flexibility index (Phi) is 4.84. The molecule has 0 aliphatic heterocycles. The minimum Gasteiger partial charge on any atom is -0.387 e. The van der Waals surface area contributed by atoms with Crippen LogP contribution in [-0.2, 0) is 17.1 Å². The summed E-state index contributed by atoms with van der Waals surface area (Å²) in [6.45, 7) is -1.73. The van der Waals surface area contributed by atoms with Crippen LogP contribution in [0.1, 0.15) is 0 Å². The molecule has 7 heavy (non-hydrogen) atoms. The van der Waals surface area contributed by atoms with E-state index in [4.69, 9.17) is 5.11 Å². The fourth-order valence-corrected chi connectivity index (χ4v) is 0. The van der Waals surface area contributed by atoms with Crippen molar-refractivity contribution < 1.29 is 35.3 Å². The molecule has 0 bridgehead atoms. The predicted octanol–water partition coefficient (Wildman–Crippen LogP) is 0.539. The molecular formula is C2H3CuF3O. The van der Waals surface area contributed by atoms with E-state index >= 15 is 0 Å². The molecule has 1 nitrogen and oxygen atoms in total. The molecule has 0 aromatic carbocycles. The van der Waals surface area contributed by atoms with Crippen LogP contribution in [0.5, 0.6) is 0 Å². The van der Waals surface area contributed by atoms with Crippen molar-refractivity contribution in [1.29, 1.82) is 0 Å². The molecule has 0 unspecified atom stereocenters. The summed E-state index contributed by atoms with van der Waals surface area (Å²) < 4.78 is 31.6. The first-order valence-electron chi connectivity index (χ1n) is 1.24. The van der Waals surface area contributed by atoms with E-state index in [0.29, 0.717) is 0 Å². The maximum absolute atomic E-state index is 10.5. The maximum Gasteiger partial charge on any atom is 0.411 e. The Balaban J connectivity index is 0. The van der Waals surface area contributed by atoms with Gasteiger partial charge in [-0.1, -0.05) is 0 Å². The van der Waals surface area contributed by atoms with Gasteiger partial charge in [-0.05, 0) is 0 Å². The number of alkyl halides is 3. The molecule has 0 rings (SSSR count). The van der Waals surface area contributed by atoms with Gasteiger partial charge in [0.2, 0.25) is 0 Å². The average Bonchev–Trinajstić information content (AvgIpc) is 1.35. The Morgan fingerprint density at radius 2 is 1.43 bits per heavy atom. The Morgan fingerprint density at radius 3 is 1.43 bits per heavy atom. The fraction of sp³-hybridized carbons (Fsp3) is 1.00. The monoisotopic (exact) mass is 163 g/mol. The van der Waals surface area contributed by atoms with Crippen LogP contribution in [0.15, 0.2) is 0 Å². The van der Waals surface area contributed by atoms with Crippen LogP contribution in [0.4, 0.5) is 13.2 Å². The smallest absolute Gasteiger partial charge is 0.387 e. The van der Waals surface area contributed by atoms with Crippen LogP contribution >= 0.6 is 0 Å². The van der Waals surface area contributed by atoms with Gasteiger partial charge in [-0.25, -0.2) is 0 Å². The zero-order valence-electron chi connectivity index (χ0n) is 3.09. The molecule has 0 saturated carbocycles. The van der Waals surface area contributed by atoms with Gasteiger partial charge in [0.1, 0.15) is 6.61 Å². The average molecular weight is 164 g/mol. The van der Waals surface area contributed by atoms with Gasteiger partial charge in [0.15, 0.2) is 0 Å². The van der Waals surface area contributed by atoms with Crippen molar-refractivity contribution in [3.8, 4) is 0 Å². The number of aliphatic hydroxyl groups is 1. The maximum atomic E-state index is 10.5. The minimum absolute atomic E-state index is 0. The SMILES string of the molecule is OCC(F)(F)F.[Cu]. The first-order chi connectivity index (χ1) is 2.56. The number of halogens is 3. The second-order valence-corrected chi connectivity index (χ2v) is 0.773. The van der Waals surface area contributed by atoms with E-state index in [0.717, 1.165) is 0 Å². The van der Waals surface area contributed by atoms with Gasteiger partial charge in [-0.15, -0.1) is 0 Å².